The summed E-state index contributed by atoms with van der Waals surface area (Å²) < 4.78 is 10.5. The fraction of sp³-hybridized carbons (Fsp3) is 0.0714. The number of carbonyl (C=O) groups excluding carboxylic acids is 3. The minimum atomic E-state index is -0.675. The van der Waals surface area contributed by atoms with Crippen molar-refractivity contribution in [2.24, 2.45) is 0 Å². The highest BCUT2D eigenvalue weighted by Gasteiger charge is 2.10. The average Bonchev–Trinajstić information content (AvgIpc) is 3.20. The van der Waals surface area contributed by atoms with Gasteiger partial charge in [0.25, 0.3) is 5.91 Å². The van der Waals surface area contributed by atoms with Crippen molar-refractivity contribution >= 4 is 51.1 Å². The molecule has 2 N–H and O–H groups in total. The number of furan rings is 1. The summed E-state index contributed by atoms with van der Waals surface area (Å²) in [6, 6.07) is 6.66. The molecule has 7 nitrogen and oxygen atoms in total. The van der Waals surface area contributed by atoms with Crippen molar-refractivity contribution in [1.29, 1.82) is 0 Å². The molecule has 0 fully saturated rings. The van der Waals surface area contributed by atoms with Crippen molar-refractivity contribution < 1.29 is 23.5 Å². The first kappa shape index (κ1) is 17.0. The summed E-state index contributed by atoms with van der Waals surface area (Å²) in [5.74, 6) is -1.90. The number of esters is 1. The molecule has 120 valence electrons. The van der Waals surface area contributed by atoms with Gasteiger partial charge in [0.15, 0.2) is 12.4 Å². The molecule has 2 rings (SSSR count). The van der Waals surface area contributed by atoms with Gasteiger partial charge in [0.2, 0.25) is 0 Å². The lowest BCUT2D eigenvalue weighted by Crippen LogP contribution is -2.43. The summed E-state index contributed by atoms with van der Waals surface area (Å²) in [5, 5.41) is 0. The van der Waals surface area contributed by atoms with Crippen LogP contribution < -0.4 is 10.9 Å². The molecule has 2 aromatic heterocycles. The first-order valence-corrected chi connectivity index (χ1v) is 7.88. The summed E-state index contributed by atoms with van der Waals surface area (Å²) in [4.78, 5) is 35.2. The Bertz CT molecular complexity index is 723. The van der Waals surface area contributed by atoms with E-state index in [0.29, 0.717) is 0 Å². The van der Waals surface area contributed by atoms with E-state index < -0.39 is 24.4 Å². The molecule has 2 heterocycles. The minimum absolute atomic E-state index is 0.0485. The summed E-state index contributed by atoms with van der Waals surface area (Å²) in [6.45, 7) is -0.518. The molecule has 0 saturated heterocycles. The van der Waals surface area contributed by atoms with E-state index >= 15 is 0 Å². The van der Waals surface area contributed by atoms with Crippen molar-refractivity contribution in [2.45, 2.75) is 0 Å². The van der Waals surface area contributed by atoms with Gasteiger partial charge in [0.05, 0.1) is 10.0 Å². The standard InChI is InChI=1S/C14H11BrN2O5S/c15-11-5-3-9(23-11)4-6-13(19)22-8-12(18)16-17-14(20)10-2-1-7-21-10/h1-7H,8H2,(H,16,18)(H,17,20)/b6-4+. The maximum absolute atomic E-state index is 11.5. The zero-order chi connectivity index (χ0) is 16.7. The fourth-order valence-corrected chi connectivity index (χ4v) is 2.71. The Labute approximate surface area is 143 Å². The van der Waals surface area contributed by atoms with E-state index in [9.17, 15) is 14.4 Å². The van der Waals surface area contributed by atoms with Crippen LogP contribution in [0.25, 0.3) is 6.08 Å². The molecular formula is C14H11BrN2O5S. The second-order valence-electron chi connectivity index (χ2n) is 4.06. The molecule has 0 aliphatic heterocycles. The molecule has 0 radical (unpaired) electrons. The molecule has 2 aromatic rings. The van der Waals surface area contributed by atoms with Gasteiger partial charge >= 0.3 is 11.9 Å². The van der Waals surface area contributed by atoms with Crippen LogP contribution in [0.2, 0.25) is 0 Å². The van der Waals surface area contributed by atoms with Gasteiger partial charge in [-0.05, 0) is 46.3 Å². The van der Waals surface area contributed by atoms with Crippen LogP contribution in [0.15, 0.2) is 44.8 Å². The lowest BCUT2D eigenvalue weighted by atomic mass is 10.4. The molecule has 0 aliphatic carbocycles. The zero-order valence-electron chi connectivity index (χ0n) is 11.6. The Morgan fingerprint density at radius 1 is 1.26 bits per heavy atom. The van der Waals surface area contributed by atoms with E-state index in [2.05, 4.69) is 26.8 Å². The quantitative estimate of drug-likeness (QED) is 0.456. The van der Waals surface area contributed by atoms with E-state index in [1.54, 1.807) is 6.08 Å². The predicted octanol–water partition coefficient (Wildman–Crippen LogP) is 2.12. The lowest BCUT2D eigenvalue weighted by Gasteiger charge is -2.05. The third-order valence-electron chi connectivity index (χ3n) is 2.38. The molecule has 23 heavy (non-hydrogen) atoms. The Balaban J connectivity index is 1.68. The van der Waals surface area contributed by atoms with Gasteiger partial charge in [-0.25, -0.2) is 4.79 Å². The number of nitrogens with one attached hydrogen (secondary N) is 2. The van der Waals surface area contributed by atoms with Gasteiger partial charge in [0, 0.05) is 11.0 Å². The Morgan fingerprint density at radius 3 is 2.74 bits per heavy atom. The number of hydrazine groups is 1. The van der Waals surface area contributed by atoms with Crippen LogP contribution >= 0.6 is 27.3 Å². The first-order chi connectivity index (χ1) is 11.0. The summed E-state index contributed by atoms with van der Waals surface area (Å²) >= 11 is 4.76. The molecule has 0 aromatic carbocycles. The maximum Gasteiger partial charge on any atom is 0.331 e. The van der Waals surface area contributed by atoms with Crippen molar-refractivity contribution in [3.63, 3.8) is 0 Å². The highest BCUT2D eigenvalue weighted by molar-refractivity contribution is 9.11. The van der Waals surface area contributed by atoms with Gasteiger partial charge < -0.3 is 9.15 Å². The van der Waals surface area contributed by atoms with E-state index in [0.717, 1.165) is 8.66 Å². The topological polar surface area (TPSA) is 97.6 Å². The highest BCUT2D eigenvalue weighted by atomic mass is 79.9. The molecule has 0 spiro atoms. The molecule has 0 saturated carbocycles. The van der Waals surface area contributed by atoms with Gasteiger partial charge in [-0.15, -0.1) is 11.3 Å². The zero-order valence-corrected chi connectivity index (χ0v) is 14.0. The minimum Gasteiger partial charge on any atom is -0.459 e. The Morgan fingerprint density at radius 2 is 2.09 bits per heavy atom. The number of amides is 2. The number of hydrogen-bond donors (Lipinski definition) is 2. The molecule has 0 aliphatic rings. The monoisotopic (exact) mass is 398 g/mol. The van der Waals surface area contributed by atoms with E-state index in [-0.39, 0.29) is 5.76 Å². The van der Waals surface area contributed by atoms with Crippen molar-refractivity contribution in [1.82, 2.24) is 10.9 Å². The fourth-order valence-electron chi connectivity index (χ4n) is 1.38. The summed E-state index contributed by atoms with van der Waals surface area (Å²) in [5.41, 5.74) is 4.22. The smallest absolute Gasteiger partial charge is 0.331 e. The SMILES string of the molecule is O=C(COC(=O)/C=C/c1ccc(Br)s1)NNC(=O)c1ccco1. The van der Waals surface area contributed by atoms with Gasteiger partial charge in [-0.1, -0.05) is 0 Å². The van der Waals surface area contributed by atoms with Crippen LogP contribution in [0.1, 0.15) is 15.4 Å². The van der Waals surface area contributed by atoms with Crippen molar-refractivity contribution in [3.05, 3.63) is 51.0 Å². The lowest BCUT2D eigenvalue weighted by molar-refractivity contribution is -0.144. The largest absolute Gasteiger partial charge is 0.459 e. The molecule has 0 unspecified atom stereocenters. The number of halogens is 1. The van der Waals surface area contributed by atoms with Crippen LogP contribution in [0, 0.1) is 0 Å². The van der Waals surface area contributed by atoms with Crippen LogP contribution in [0.3, 0.4) is 0 Å². The maximum atomic E-state index is 11.5. The van der Waals surface area contributed by atoms with Crippen LogP contribution in [-0.4, -0.2) is 24.4 Å². The summed E-state index contributed by atoms with van der Waals surface area (Å²) in [6.07, 6.45) is 4.12. The number of ether oxygens (including phenoxy) is 1. The Kier molecular flexibility index (Phi) is 6.12. The van der Waals surface area contributed by atoms with Crippen molar-refractivity contribution in [2.75, 3.05) is 6.61 Å². The second kappa shape index (κ2) is 8.30. The van der Waals surface area contributed by atoms with Crippen molar-refractivity contribution in [3.8, 4) is 0 Å². The number of hydrogen-bond acceptors (Lipinski definition) is 6. The van der Waals surface area contributed by atoms with Crippen LogP contribution in [0.5, 0.6) is 0 Å². The third-order valence-corrected chi connectivity index (χ3v) is 3.97. The number of thiophene rings is 1. The molecule has 2 amide bonds. The van der Waals surface area contributed by atoms with Crippen LogP contribution in [0.4, 0.5) is 0 Å². The van der Waals surface area contributed by atoms with Gasteiger partial charge in [0.1, 0.15) is 0 Å². The van der Waals surface area contributed by atoms with E-state index in [4.69, 9.17) is 9.15 Å². The van der Waals surface area contributed by atoms with Gasteiger partial charge in [-0.3, -0.25) is 20.4 Å². The number of rotatable bonds is 5. The Hall–Kier alpha value is -2.39. The average molecular weight is 399 g/mol. The highest BCUT2D eigenvalue weighted by Crippen LogP contribution is 2.22. The third kappa shape index (κ3) is 5.72. The molecular weight excluding hydrogens is 388 g/mol. The number of carbonyl (C=O) groups is 3. The normalized spacial score (nSPS) is 10.5. The molecule has 9 heteroatoms. The molecule has 0 bridgehead atoms. The van der Waals surface area contributed by atoms with Crippen LogP contribution in [-0.2, 0) is 14.3 Å². The first-order valence-electron chi connectivity index (χ1n) is 6.27. The molecule has 0 atom stereocenters. The summed E-state index contributed by atoms with van der Waals surface area (Å²) in [7, 11) is 0. The second-order valence-corrected chi connectivity index (χ2v) is 6.56. The van der Waals surface area contributed by atoms with E-state index in [1.165, 1.54) is 35.8 Å². The van der Waals surface area contributed by atoms with Gasteiger partial charge in [-0.2, -0.15) is 0 Å². The predicted molar refractivity (Wildman–Crippen MR) is 86.3 cm³/mol. The van der Waals surface area contributed by atoms with E-state index in [1.807, 2.05) is 12.1 Å².